The second kappa shape index (κ2) is 5.45. The van der Waals surface area contributed by atoms with Crippen LogP contribution in [0.25, 0.3) is 0 Å². The van der Waals surface area contributed by atoms with Gasteiger partial charge in [0.05, 0.1) is 32.2 Å². The van der Waals surface area contributed by atoms with Gasteiger partial charge in [-0.3, -0.25) is 4.18 Å². The van der Waals surface area contributed by atoms with Crippen LogP contribution in [0.5, 0.6) is 0 Å². The molecule has 3 fully saturated rings. The van der Waals surface area contributed by atoms with Crippen molar-refractivity contribution in [2.45, 2.75) is 44.0 Å². The van der Waals surface area contributed by atoms with Gasteiger partial charge in [0.15, 0.2) is 5.79 Å². The van der Waals surface area contributed by atoms with Gasteiger partial charge in [-0.2, -0.15) is 8.42 Å². The lowest BCUT2D eigenvalue weighted by Crippen LogP contribution is -2.47. The van der Waals surface area contributed by atoms with E-state index in [1.807, 2.05) is 0 Å². The summed E-state index contributed by atoms with van der Waals surface area (Å²) in [6.07, 6.45) is 5.67. The van der Waals surface area contributed by atoms with Gasteiger partial charge in [-0.1, -0.05) is 0 Å². The molecule has 0 amide bonds. The molecule has 3 atom stereocenters. The molecule has 7 heteroatoms. The number of hydrogen-bond donors (Lipinski definition) is 0. The van der Waals surface area contributed by atoms with Crippen molar-refractivity contribution in [3.63, 3.8) is 0 Å². The van der Waals surface area contributed by atoms with Crippen LogP contribution in [0.4, 0.5) is 0 Å². The number of methoxy groups -OCH3 is 1. The van der Waals surface area contributed by atoms with Crippen molar-refractivity contribution >= 4 is 10.1 Å². The third-order valence-corrected chi connectivity index (χ3v) is 6.07. The molecule has 0 unspecified atom stereocenters. The minimum Gasteiger partial charge on any atom is -0.381 e. The zero-order chi connectivity index (χ0) is 15.1. The van der Waals surface area contributed by atoms with Crippen LogP contribution in [-0.2, 0) is 28.5 Å². The first-order valence-corrected chi connectivity index (χ1v) is 9.39. The predicted octanol–water partition coefficient (Wildman–Crippen LogP) is 1.30. The number of fused-ring (bicyclic) bond motifs is 2. The lowest BCUT2D eigenvalue weighted by Gasteiger charge is -2.42. The lowest BCUT2D eigenvalue weighted by atomic mass is 9.73. The summed E-state index contributed by atoms with van der Waals surface area (Å²) in [4.78, 5) is 0. The fraction of sp³-hybridized carbons (Fsp3) is 1.00. The minimum atomic E-state index is -3.41. The van der Waals surface area contributed by atoms with Crippen LogP contribution in [0.2, 0.25) is 0 Å². The maximum absolute atomic E-state index is 11.2. The van der Waals surface area contributed by atoms with Gasteiger partial charge in [0, 0.05) is 18.9 Å². The molecule has 2 aliphatic carbocycles. The monoisotopic (exact) mass is 320 g/mol. The third kappa shape index (κ3) is 2.53. The van der Waals surface area contributed by atoms with E-state index < -0.39 is 15.9 Å². The fourth-order valence-corrected chi connectivity index (χ4v) is 5.10. The first-order chi connectivity index (χ1) is 9.93. The second-order valence-corrected chi connectivity index (χ2v) is 7.98. The molecule has 3 rings (SSSR count). The van der Waals surface area contributed by atoms with Crippen molar-refractivity contribution in [3.05, 3.63) is 0 Å². The number of rotatable bonds is 5. The summed E-state index contributed by atoms with van der Waals surface area (Å²) in [6, 6.07) is 0. The molecule has 0 aromatic rings. The average molecular weight is 320 g/mol. The Morgan fingerprint density at radius 3 is 2.52 bits per heavy atom. The van der Waals surface area contributed by atoms with Crippen LogP contribution >= 0.6 is 0 Å². The molecule has 2 saturated carbocycles. The topological polar surface area (TPSA) is 71.1 Å². The third-order valence-electron chi connectivity index (χ3n) is 5.48. The van der Waals surface area contributed by atoms with Crippen LogP contribution < -0.4 is 0 Å². The molecule has 21 heavy (non-hydrogen) atoms. The van der Waals surface area contributed by atoms with Gasteiger partial charge >= 0.3 is 0 Å². The molecular formula is C14H24O6S. The van der Waals surface area contributed by atoms with Crippen LogP contribution in [0.15, 0.2) is 0 Å². The summed E-state index contributed by atoms with van der Waals surface area (Å²) in [5.74, 6) is -0.213. The van der Waals surface area contributed by atoms with Gasteiger partial charge in [-0.05, 0) is 31.6 Å². The van der Waals surface area contributed by atoms with Crippen molar-refractivity contribution in [2.24, 2.45) is 11.3 Å². The molecule has 0 aromatic heterocycles. The zero-order valence-electron chi connectivity index (χ0n) is 12.7. The maximum atomic E-state index is 11.2. The molecule has 0 bridgehead atoms. The molecular weight excluding hydrogens is 296 g/mol. The summed E-state index contributed by atoms with van der Waals surface area (Å²) in [6.45, 7) is 1.40. The molecule has 1 heterocycles. The fourth-order valence-electron chi connectivity index (χ4n) is 4.72. The van der Waals surface area contributed by atoms with E-state index in [-0.39, 0.29) is 18.1 Å². The average Bonchev–Trinajstić information content (AvgIpc) is 3.06. The van der Waals surface area contributed by atoms with Crippen LogP contribution in [-0.4, -0.2) is 53.5 Å². The van der Waals surface area contributed by atoms with Crippen LogP contribution in [0, 0.1) is 11.3 Å². The predicted molar refractivity (Wildman–Crippen MR) is 75.2 cm³/mol. The highest BCUT2D eigenvalue weighted by Gasteiger charge is 2.67. The molecule has 122 valence electrons. The van der Waals surface area contributed by atoms with Crippen molar-refractivity contribution in [1.82, 2.24) is 0 Å². The highest BCUT2D eigenvalue weighted by molar-refractivity contribution is 7.85. The van der Waals surface area contributed by atoms with E-state index in [0.29, 0.717) is 25.6 Å². The summed E-state index contributed by atoms with van der Waals surface area (Å²) < 4.78 is 45.1. The standard InChI is InChI=1S/C14H24O6S/c1-17-12-4-5-13(7-8-20-21(2,15)16)11(12)3-6-14(13)18-9-10-19-14/h11-12H,3-10H2,1-2H3/t11-,12-,13-/m1/s1. The molecule has 1 saturated heterocycles. The summed E-state index contributed by atoms with van der Waals surface area (Å²) in [7, 11) is -1.67. The van der Waals surface area contributed by atoms with Crippen LogP contribution in [0.1, 0.15) is 32.1 Å². The minimum absolute atomic E-state index is 0.181. The Morgan fingerprint density at radius 1 is 1.19 bits per heavy atom. The lowest BCUT2D eigenvalue weighted by molar-refractivity contribution is -0.231. The van der Waals surface area contributed by atoms with Gasteiger partial charge in [0.25, 0.3) is 10.1 Å². The molecule has 6 nitrogen and oxygen atoms in total. The Kier molecular flexibility index (Phi) is 4.07. The van der Waals surface area contributed by atoms with Gasteiger partial charge in [0.1, 0.15) is 0 Å². The van der Waals surface area contributed by atoms with Gasteiger partial charge in [-0.15, -0.1) is 0 Å². The Balaban J connectivity index is 1.81. The quantitative estimate of drug-likeness (QED) is 0.711. The van der Waals surface area contributed by atoms with Crippen molar-refractivity contribution in [1.29, 1.82) is 0 Å². The number of ether oxygens (including phenoxy) is 3. The van der Waals surface area contributed by atoms with Gasteiger partial charge in [-0.25, -0.2) is 0 Å². The first kappa shape index (κ1) is 15.7. The van der Waals surface area contributed by atoms with E-state index >= 15 is 0 Å². The zero-order valence-corrected chi connectivity index (χ0v) is 13.5. The van der Waals surface area contributed by atoms with Crippen molar-refractivity contribution in [2.75, 3.05) is 33.2 Å². The van der Waals surface area contributed by atoms with Gasteiger partial charge < -0.3 is 14.2 Å². The Labute approximate surface area is 126 Å². The Hall–Kier alpha value is -0.210. The highest BCUT2D eigenvalue weighted by atomic mass is 32.2. The van der Waals surface area contributed by atoms with E-state index in [1.54, 1.807) is 7.11 Å². The van der Waals surface area contributed by atoms with E-state index in [4.69, 9.17) is 18.4 Å². The second-order valence-electron chi connectivity index (χ2n) is 6.34. The van der Waals surface area contributed by atoms with Crippen molar-refractivity contribution in [3.8, 4) is 0 Å². The summed E-state index contributed by atoms with van der Waals surface area (Å²) in [5, 5.41) is 0. The van der Waals surface area contributed by atoms with E-state index in [0.717, 1.165) is 31.9 Å². The summed E-state index contributed by atoms with van der Waals surface area (Å²) >= 11 is 0. The Bertz CT molecular complexity index is 484. The smallest absolute Gasteiger partial charge is 0.264 e. The highest BCUT2D eigenvalue weighted by Crippen LogP contribution is 2.64. The summed E-state index contributed by atoms with van der Waals surface area (Å²) in [5.41, 5.74) is -0.186. The molecule has 1 spiro atoms. The van der Waals surface area contributed by atoms with E-state index in [9.17, 15) is 8.42 Å². The maximum Gasteiger partial charge on any atom is 0.264 e. The molecule has 3 aliphatic rings. The van der Waals surface area contributed by atoms with Crippen LogP contribution in [0.3, 0.4) is 0 Å². The molecule has 0 aromatic carbocycles. The first-order valence-electron chi connectivity index (χ1n) is 7.58. The largest absolute Gasteiger partial charge is 0.381 e. The van der Waals surface area contributed by atoms with E-state index in [1.165, 1.54) is 0 Å². The van der Waals surface area contributed by atoms with Gasteiger partial charge in [0.2, 0.25) is 0 Å². The normalized spacial score (nSPS) is 38.2. The Morgan fingerprint density at radius 2 is 1.90 bits per heavy atom. The number of hydrogen-bond acceptors (Lipinski definition) is 6. The molecule has 0 N–H and O–H groups in total. The van der Waals surface area contributed by atoms with Crippen molar-refractivity contribution < 1.29 is 26.8 Å². The molecule has 0 radical (unpaired) electrons. The van der Waals surface area contributed by atoms with E-state index in [2.05, 4.69) is 0 Å². The SMILES string of the molecule is CO[C@@H]1CC[C@@]2(CCOS(C)(=O)=O)[C@@H]1CCC21OCCO1. The molecule has 1 aliphatic heterocycles.